The van der Waals surface area contributed by atoms with Gasteiger partial charge in [-0.2, -0.15) is 0 Å². The molecule has 3 N–H and O–H groups in total. The Hall–Kier alpha value is -1.97. The molecule has 5 nitrogen and oxygen atoms in total. The van der Waals surface area contributed by atoms with E-state index in [0.717, 1.165) is 30.0 Å². The Kier molecular flexibility index (Phi) is 5.34. The highest BCUT2D eigenvalue weighted by Crippen LogP contribution is 2.23. The Labute approximate surface area is 135 Å². The summed E-state index contributed by atoms with van der Waals surface area (Å²) in [6, 6.07) is 8.26. The summed E-state index contributed by atoms with van der Waals surface area (Å²) in [5.41, 5.74) is 0.364. The van der Waals surface area contributed by atoms with Gasteiger partial charge in [0, 0.05) is 10.6 Å². The van der Waals surface area contributed by atoms with Gasteiger partial charge in [0.1, 0.15) is 11.6 Å². The number of halogens is 2. The second-order valence-corrected chi connectivity index (χ2v) is 7.06. The highest BCUT2D eigenvalue weighted by atomic mass is 32.2. The third kappa shape index (κ3) is 5.02. The Morgan fingerprint density at radius 2 is 1.78 bits per heavy atom. The van der Waals surface area contributed by atoms with Crippen LogP contribution in [0.5, 0.6) is 0 Å². The summed E-state index contributed by atoms with van der Waals surface area (Å²) in [4.78, 5) is 11.7. The maximum atomic E-state index is 13.4. The second-order valence-electron chi connectivity index (χ2n) is 4.48. The fourth-order valence-electron chi connectivity index (χ4n) is 1.66. The number of rotatable bonds is 5. The first kappa shape index (κ1) is 17.4. The topological polar surface area (TPSA) is 89.3 Å². The van der Waals surface area contributed by atoms with Gasteiger partial charge in [0.15, 0.2) is 0 Å². The molecule has 0 radical (unpaired) electrons. The third-order valence-corrected chi connectivity index (χ3v) is 4.68. The minimum absolute atomic E-state index is 0.0322. The van der Waals surface area contributed by atoms with Gasteiger partial charge in [-0.15, -0.1) is 11.8 Å². The van der Waals surface area contributed by atoms with Crippen molar-refractivity contribution in [3.05, 3.63) is 54.1 Å². The van der Waals surface area contributed by atoms with Crippen molar-refractivity contribution in [2.45, 2.75) is 9.79 Å². The maximum Gasteiger partial charge on any atom is 0.238 e. The number of carbonyl (C=O) groups is 1. The number of primary sulfonamides is 1. The van der Waals surface area contributed by atoms with E-state index in [0.29, 0.717) is 5.69 Å². The number of nitrogens with one attached hydrogen (secondary N) is 1. The molecule has 23 heavy (non-hydrogen) atoms. The van der Waals surface area contributed by atoms with Crippen LogP contribution in [0.15, 0.2) is 52.3 Å². The van der Waals surface area contributed by atoms with Crippen LogP contribution in [0.2, 0.25) is 0 Å². The summed E-state index contributed by atoms with van der Waals surface area (Å²) in [5, 5.41) is 7.48. The van der Waals surface area contributed by atoms with E-state index in [2.05, 4.69) is 5.32 Å². The molecule has 0 spiro atoms. The number of carbonyl (C=O) groups excluding carboxylic acids is 1. The largest absolute Gasteiger partial charge is 0.325 e. The van der Waals surface area contributed by atoms with Crippen molar-refractivity contribution in [3.63, 3.8) is 0 Å². The molecule has 2 aromatic carbocycles. The molecule has 0 fully saturated rings. The second kappa shape index (κ2) is 7.07. The van der Waals surface area contributed by atoms with E-state index in [1.54, 1.807) is 0 Å². The zero-order valence-electron chi connectivity index (χ0n) is 11.6. The monoisotopic (exact) mass is 358 g/mol. The Balaban J connectivity index is 1.96. The molecule has 0 aliphatic carbocycles. The SMILES string of the molecule is NS(=O)(=O)c1ccc(NC(=O)CSc2cc(F)ccc2F)cc1. The number of nitrogens with two attached hydrogens (primary N) is 1. The fraction of sp³-hybridized carbons (Fsp3) is 0.0714. The third-order valence-electron chi connectivity index (χ3n) is 2.72. The van der Waals surface area contributed by atoms with Crippen molar-refractivity contribution in [1.29, 1.82) is 0 Å². The van der Waals surface area contributed by atoms with Gasteiger partial charge in [0.2, 0.25) is 15.9 Å². The highest BCUT2D eigenvalue weighted by Gasteiger charge is 2.10. The molecule has 0 aliphatic heterocycles. The van der Waals surface area contributed by atoms with Gasteiger partial charge in [0.05, 0.1) is 10.6 Å². The predicted octanol–water partition coefficient (Wildman–Crippen LogP) is 2.34. The number of anilines is 1. The summed E-state index contributed by atoms with van der Waals surface area (Å²) in [6.45, 7) is 0. The molecule has 9 heteroatoms. The first-order valence-corrected chi connectivity index (χ1v) is 8.79. The lowest BCUT2D eigenvalue weighted by Gasteiger charge is -2.06. The Morgan fingerprint density at radius 3 is 2.39 bits per heavy atom. The van der Waals surface area contributed by atoms with Crippen LogP contribution in [-0.4, -0.2) is 20.1 Å². The molecular formula is C14H12F2N2O3S2. The van der Waals surface area contributed by atoms with E-state index in [9.17, 15) is 22.0 Å². The van der Waals surface area contributed by atoms with E-state index in [1.807, 2.05) is 0 Å². The van der Waals surface area contributed by atoms with Crippen LogP contribution in [0.3, 0.4) is 0 Å². The van der Waals surface area contributed by atoms with Crippen LogP contribution in [0, 0.1) is 11.6 Å². The lowest BCUT2D eigenvalue weighted by atomic mass is 10.3. The highest BCUT2D eigenvalue weighted by molar-refractivity contribution is 8.00. The van der Waals surface area contributed by atoms with Crippen LogP contribution >= 0.6 is 11.8 Å². The quantitative estimate of drug-likeness (QED) is 0.803. The number of hydrogen-bond donors (Lipinski definition) is 2. The van der Waals surface area contributed by atoms with Crippen LogP contribution in [0.25, 0.3) is 0 Å². The summed E-state index contributed by atoms with van der Waals surface area (Å²) in [7, 11) is -3.80. The normalized spacial score (nSPS) is 11.3. The van der Waals surface area contributed by atoms with Gasteiger partial charge in [0.25, 0.3) is 0 Å². The molecule has 0 aromatic heterocycles. The number of benzene rings is 2. The zero-order chi connectivity index (χ0) is 17.0. The standard InChI is InChI=1S/C14H12F2N2O3S2/c15-9-1-6-12(16)13(7-9)22-8-14(19)18-10-2-4-11(5-3-10)23(17,20)21/h1-7H,8H2,(H,18,19)(H2,17,20,21). The molecule has 0 heterocycles. The molecule has 2 aromatic rings. The van der Waals surface area contributed by atoms with Gasteiger partial charge in [-0.25, -0.2) is 22.3 Å². The molecule has 2 rings (SSSR count). The van der Waals surface area contributed by atoms with Crippen molar-refractivity contribution >= 4 is 33.4 Å². The summed E-state index contributed by atoms with van der Waals surface area (Å²) >= 11 is 0.853. The summed E-state index contributed by atoms with van der Waals surface area (Å²) < 4.78 is 48.6. The first-order chi connectivity index (χ1) is 10.8. The summed E-state index contributed by atoms with van der Waals surface area (Å²) in [6.07, 6.45) is 0. The molecule has 0 saturated carbocycles. The van der Waals surface area contributed by atoms with E-state index in [1.165, 1.54) is 24.3 Å². The molecule has 0 saturated heterocycles. The first-order valence-electron chi connectivity index (χ1n) is 6.26. The molecular weight excluding hydrogens is 346 g/mol. The molecule has 0 unspecified atom stereocenters. The van der Waals surface area contributed by atoms with Crippen LogP contribution in [0.1, 0.15) is 0 Å². The fourth-order valence-corrected chi connectivity index (χ4v) is 2.93. The number of sulfonamides is 1. The maximum absolute atomic E-state index is 13.4. The van der Waals surface area contributed by atoms with Crippen molar-refractivity contribution in [3.8, 4) is 0 Å². The van der Waals surface area contributed by atoms with E-state index < -0.39 is 27.6 Å². The Morgan fingerprint density at radius 1 is 1.13 bits per heavy atom. The summed E-state index contributed by atoms with van der Waals surface area (Å²) in [5.74, 6) is -1.77. The predicted molar refractivity (Wildman–Crippen MR) is 83.5 cm³/mol. The molecule has 0 atom stereocenters. The minimum atomic E-state index is -3.80. The average molecular weight is 358 g/mol. The van der Waals surface area contributed by atoms with Crippen LogP contribution < -0.4 is 10.5 Å². The molecule has 0 aliphatic rings. The van der Waals surface area contributed by atoms with Crippen molar-refractivity contribution in [2.24, 2.45) is 5.14 Å². The lowest BCUT2D eigenvalue weighted by Crippen LogP contribution is -2.15. The van der Waals surface area contributed by atoms with Gasteiger partial charge >= 0.3 is 0 Å². The van der Waals surface area contributed by atoms with Crippen molar-refractivity contribution in [2.75, 3.05) is 11.1 Å². The van der Waals surface area contributed by atoms with Gasteiger partial charge in [-0.05, 0) is 42.5 Å². The van der Waals surface area contributed by atoms with E-state index in [-0.39, 0.29) is 15.5 Å². The molecule has 122 valence electrons. The van der Waals surface area contributed by atoms with E-state index in [4.69, 9.17) is 5.14 Å². The van der Waals surface area contributed by atoms with Gasteiger partial charge < -0.3 is 5.32 Å². The molecule has 0 bridgehead atoms. The van der Waals surface area contributed by atoms with Gasteiger partial charge in [-0.1, -0.05) is 0 Å². The van der Waals surface area contributed by atoms with Crippen molar-refractivity contribution < 1.29 is 22.0 Å². The Bertz CT molecular complexity index is 824. The number of hydrogen-bond acceptors (Lipinski definition) is 4. The smallest absolute Gasteiger partial charge is 0.238 e. The molecule has 1 amide bonds. The zero-order valence-corrected chi connectivity index (χ0v) is 13.3. The number of thioether (sulfide) groups is 1. The van der Waals surface area contributed by atoms with Gasteiger partial charge in [-0.3, -0.25) is 4.79 Å². The minimum Gasteiger partial charge on any atom is -0.325 e. The average Bonchev–Trinajstić information content (AvgIpc) is 2.48. The van der Waals surface area contributed by atoms with Crippen molar-refractivity contribution in [1.82, 2.24) is 0 Å². The van der Waals surface area contributed by atoms with Crippen LogP contribution in [-0.2, 0) is 14.8 Å². The van der Waals surface area contributed by atoms with Crippen LogP contribution in [0.4, 0.5) is 14.5 Å². The lowest BCUT2D eigenvalue weighted by molar-refractivity contribution is -0.113. The number of amides is 1. The van der Waals surface area contributed by atoms with E-state index >= 15 is 0 Å².